The van der Waals surface area contributed by atoms with Crippen LogP contribution in [0, 0.1) is 5.92 Å². The van der Waals surface area contributed by atoms with Crippen LogP contribution in [-0.4, -0.2) is 59.2 Å². The molecule has 2 aromatic carbocycles. The second kappa shape index (κ2) is 8.57. The fraction of sp³-hybridized carbons (Fsp3) is 0.391. The average Bonchev–Trinajstić information content (AvgIpc) is 3.10. The van der Waals surface area contributed by atoms with Crippen molar-refractivity contribution in [2.75, 3.05) is 32.7 Å². The molecule has 2 saturated heterocycles. The maximum absolute atomic E-state index is 12.9. The molecule has 2 aromatic rings. The van der Waals surface area contributed by atoms with Crippen LogP contribution < -0.4 is 0 Å². The number of carbonyl (C=O) groups is 2. The summed E-state index contributed by atoms with van der Waals surface area (Å²) in [6.45, 7) is 5.31. The first-order valence-electron chi connectivity index (χ1n) is 10.1. The van der Waals surface area contributed by atoms with E-state index in [1.54, 1.807) is 0 Å². The van der Waals surface area contributed by atoms with Crippen LogP contribution in [0.5, 0.6) is 0 Å². The van der Waals surface area contributed by atoms with Gasteiger partial charge in [0.2, 0.25) is 11.8 Å². The van der Waals surface area contributed by atoms with Crippen molar-refractivity contribution in [3.05, 3.63) is 71.8 Å². The van der Waals surface area contributed by atoms with Gasteiger partial charge < -0.3 is 9.80 Å². The quantitative estimate of drug-likeness (QED) is 0.804. The first-order valence-corrected chi connectivity index (χ1v) is 10.1. The van der Waals surface area contributed by atoms with Gasteiger partial charge in [0.05, 0.1) is 5.92 Å². The largest absolute Gasteiger partial charge is 0.340 e. The molecule has 0 aliphatic carbocycles. The molecule has 0 radical (unpaired) electrons. The van der Waals surface area contributed by atoms with Crippen LogP contribution >= 0.6 is 0 Å². The Morgan fingerprint density at radius 1 is 0.821 bits per heavy atom. The number of piperazine rings is 1. The van der Waals surface area contributed by atoms with Gasteiger partial charge in [-0.05, 0) is 11.1 Å². The van der Waals surface area contributed by atoms with E-state index in [2.05, 4.69) is 29.2 Å². The van der Waals surface area contributed by atoms with E-state index in [4.69, 9.17) is 0 Å². The number of benzene rings is 2. The molecule has 0 spiro atoms. The lowest BCUT2D eigenvalue weighted by Gasteiger charge is -2.36. The smallest absolute Gasteiger partial charge is 0.228 e. The standard InChI is InChI=1S/C23H27N3O2/c27-22-15-21(18-26(22)17-20-9-5-2-6-10-20)23(28)25-13-11-24(12-14-25)16-19-7-3-1-4-8-19/h1-10,21H,11-18H2/t21-/m0/s1. The Balaban J connectivity index is 1.28. The monoisotopic (exact) mass is 377 g/mol. The molecule has 5 nitrogen and oxygen atoms in total. The summed E-state index contributed by atoms with van der Waals surface area (Å²) in [7, 11) is 0. The average molecular weight is 377 g/mol. The van der Waals surface area contributed by atoms with Crippen molar-refractivity contribution < 1.29 is 9.59 Å². The molecule has 5 heteroatoms. The van der Waals surface area contributed by atoms with Crippen LogP contribution in [0.15, 0.2) is 60.7 Å². The number of carbonyl (C=O) groups excluding carboxylic acids is 2. The third-order valence-electron chi connectivity index (χ3n) is 5.71. The molecule has 4 rings (SSSR count). The summed E-state index contributed by atoms with van der Waals surface area (Å²) < 4.78 is 0. The number of rotatable bonds is 5. The molecule has 28 heavy (non-hydrogen) atoms. The zero-order valence-corrected chi connectivity index (χ0v) is 16.2. The fourth-order valence-corrected chi connectivity index (χ4v) is 4.12. The Labute approximate surface area is 166 Å². The lowest BCUT2D eigenvalue weighted by Crippen LogP contribution is -2.50. The fourth-order valence-electron chi connectivity index (χ4n) is 4.12. The normalized spacial score (nSPS) is 20.6. The highest BCUT2D eigenvalue weighted by atomic mass is 16.2. The highest BCUT2D eigenvalue weighted by Crippen LogP contribution is 2.23. The third-order valence-corrected chi connectivity index (χ3v) is 5.71. The topological polar surface area (TPSA) is 43.9 Å². The van der Waals surface area contributed by atoms with E-state index in [0.717, 1.165) is 38.3 Å². The summed E-state index contributed by atoms with van der Waals surface area (Å²) >= 11 is 0. The summed E-state index contributed by atoms with van der Waals surface area (Å²) in [5.74, 6) is 0.0325. The minimum Gasteiger partial charge on any atom is -0.340 e. The molecule has 2 aliphatic heterocycles. The van der Waals surface area contributed by atoms with Crippen LogP contribution in [-0.2, 0) is 22.7 Å². The van der Waals surface area contributed by atoms with Crippen molar-refractivity contribution in [2.24, 2.45) is 5.92 Å². The molecular weight excluding hydrogens is 350 g/mol. The van der Waals surface area contributed by atoms with Gasteiger partial charge in [-0.1, -0.05) is 60.7 Å². The Bertz CT molecular complexity index is 801. The molecule has 2 amide bonds. The van der Waals surface area contributed by atoms with Crippen molar-refractivity contribution in [3.63, 3.8) is 0 Å². The first-order chi connectivity index (χ1) is 13.7. The first kappa shape index (κ1) is 18.7. The molecule has 0 aromatic heterocycles. The molecule has 146 valence electrons. The summed E-state index contributed by atoms with van der Waals surface area (Å²) in [6.07, 6.45) is 0.343. The van der Waals surface area contributed by atoms with E-state index >= 15 is 0 Å². The predicted molar refractivity (Wildman–Crippen MR) is 108 cm³/mol. The Hall–Kier alpha value is -2.66. The van der Waals surface area contributed by atoms with Crippen molar-refractivity contribution in [2.45, 2.75) is 19.5 Å². The van der Waals surface area contributed by atoms with Crippen molar-refractivity contribution in [1.29, 1.82) is 0 Å². The molecule has 0 unspecified atom stereocenters. The van der Waals surface area contributed by atoms with E-state index in [1.165, 1.54) is 5.56 Å². The second-order valence-electron chi connectivity index (χ2n) is 7.75. The van der Waals surface area contributed by atoms with Crippen molar-refractivity contribution >= 4 is 11.8 Å². The van der Waals surface area contributed by atoms with Crippen LogP contribution in [0.4, 0.5) is 0 Å². The zero-order chi connectivity index (χ0) is 19.3. The summed E-state index contributed by atoms with van der Waals surface area (Å²) in [6, 6.07) is 20.4. The molecular formula is C23H27N3O2. The second-order valence-corrected chi connectivity index (χ2v) is 7.75. The van der Waals surface area contributed by atoms with Crippen LogP contribution in [0.25, 0.3) is 0 Å². The Morgan fingerprint density at radius 2 is 1.39 bits per heavy atom. The zero-order valence-electron chi connectivity index (χ0n) is 16.2. The minimum atomic E-state index is -0.197. The molecule has 0 N–H and O–H groups in total. The van der Waals surface area contributed by atoms with E-state index in [0.29, 0.717) is 19.5 Å². The highest BCUT2D eigenvalue weighted by molar-refractivity contribution is 5.89. The third kappa shape index (κ3) is 4.42. The van der Waals surface area contributed by atoms with E-state index in [-0.39, 0.29) is 17.7 Å². The SMILES string of the molecule is O=C1C[C@H](C(=O)N2CCN(Cc3ccccc3)CC2)CN1Cc1ccccc1. The number of hydrogen-bond donors (Lipinski definition) is 0. The van der Waals surface area contributed by atoms with Crippen LogP contribution in [0.1, 0.15) is 17.5 Å². The molecule has 2 aliphatic rings. The minimum absolute atomic E-state index is 0.0879. The van der Waals surface area contributed by atoms with Crippen molar-refractivity contribution in [1.82, 2.24) is 14.7 Å². The summed E-state index contributed by atoms with van der Waals surface area (Å²) in [5, 5.41) is 0. The lowest BCUT2D eigenvalue weighted by atomic mass is 10.1. The van der Waals surface area contributed by atoms with Gasteiger partial charge in [-0.15, -0.1) is 0 Å². The van der Waals surface area contributed by atoms with Gasteiger partial charge in [-0.25, -0.2) is 0 Å². The van der Waals surface area contributed by atoms with Crippen molar-refractivity contribution in [3.8, 4) is 0 Å². The van der Waals surface area contributed by atoms with Crippen LogP contribution in [0.3, 0.4) is 0 Å². The van der Waals surface area contributed by atoms with Crippen LogP contribution in [0.2, 0.25) is 0 Å². The Morgan fingerprint density at radius 3 is 2.00 bits per heavy atom. The molecule has 2 fully saturated rings. The van der Waals surface area contributed by atoms with Gasteiger partial charge in [0.15, 0.2) is 0 Å². The molecule has 0 bridgehead atoms. The number of likely N-dealkylation sites (tertiary alicyclic amines) is 1. The summed E-state index contributed by atoms with van der Waals surface area (Å²) in [4.78, 5) is 31.5. The van der Waals surface area contributed by atoms with Gasteiger partial charge in [0.1, 0.15) is 0 Å². The molecule has 2 heterocycles. The van der Waals surface area contributed by atoms with Gasteiger partial charge in [-0.3, -0.25) is 14.5 Å². The van der Waals surface area contributed by atoms with Gasteiger partial charge >= 0.3 is 0 Å². The van der Waals surface area contributed by atoms with E-state index in [1.807, 2.05) is 46.2 Å². The number of amides is 2. The van der Waals surface area contributed by atoms with Gasteiger partial charge in [0.25, 0.3) is 0 Å². The maximum atomic E-state index is 12.9. The lowest BCUT2D eigenvalue weighted by molar-refractivity contribution is -0.137. The number of hydrogen-bond acceptors (Lipinski definition) is 3. The Kier molecular flexibility index (Phi) is 5.72. The van der Waals surface area contributed by atoms with Gasteiger partial charge in [-0.2, -0.15) is 0 Å². The van der Waals surface area contributed by atoms with E-state index < -0.39 is 0 Å². The number of nitrogens with zero attached hydrogens (tertiary/aromatic N) is 3. The van der Waals surface area contributed by atoms with E-state index in [9.17, 15) is 9.59 Å². The predicted octanol–water partition coefficient (Wildman–Crippen LogP) is 2.38. The molecule has 1 atom stereocenters. The van der Waals surface area contributed by atoms with Gasteiger partial charge in [0, 0.05) is 52.2 Å². The highest BCUT2D eigenvalue weighted by Gasteiger charge is 2.37. The summed E-state index contributed by atoms with van der Waals surface area (Å²) in [5.41, 5.74) is 2.42. The molecule has 0 saturated carbocycles. The maximum Gasteiger partial charge on any atom is 0.228 e.